The van der Waals surface area contributed by atoms with Gasteiger partial charge in [-0.1, -0.05) is 37.1 Å². The Kier molecular flexibility index (Phi) is 6.56. The normalized spacial score (nSPS) is 13.8. The van der Waals surface area contributed by atoms with Crippen LogP contribution in [0.5, 0.6) is 0 Å². The predicted molar refractivity (Wildman–Crippen MR) is 126 cm³/mol. The molecule has 1 aromatic carbocycles. The molecule has 0 radical (unpaired) electrons. The lowest BCUT2D eigenvalue weighted by atomic mass is 10.1. The number of rotatable bonds is 9. The molecule has 0 atom stereocenters. The molecule has 32 heavy (non-hydrogen) atoms. The van der Waals surface area contributed by atoms with Crippen LogP contribution in [0, 0.1) is 11.3 Å². The van der Waals surface area contributed by atoms with Crippen LogP contribution in [-0.4, -0.2) is 32.4 Å². The Morgan fingerprint density at radius 1 is 1.22 bits per heavy atom. The molecule has 4 rings (SSSR count). The molecule has 0 bridgehead atoms. The first-order valence-corrected chi connectivity index (χ1v) is 10.8. The molecule has 7 nitrogen and oxygen atoms in total. The minimum atomic E-state index is -0.134. The van der Waals surface area contributed by atoms with Crippen LogP contribution in [0.2, 0.25) is 0 Å². The van der Waals surface area contributed by atoms with E-state index < -0.39 is 0 Å². The van der Waals surface area contributed by atoms with E-state index in [4.69, 9.17) is 5.41 Å². The highest BCUT2D eigenvalue weighted by atomic mass is 16.3. The molecule has 3 N–H and O–H groups in total. The van der Waals surface area contributed by atoms with E-state index in [0.29, 0.717) is 17.8 Å². The van der Waals surface area contributed by atoms with Gasteiger partial charge in [0.15, 0.2) is 0 Å². The van der Waals surface area contributed by atoms with E-state index >= 15 is 0 Å². The second-order valence-corrected chi connectivity index (χ2v) is 8.14. The monoisotopic (exact) mass is 429 g/mol. The molecule has 2 aromatic heterocycles. The molecule has 1 saturated carbocycles. The number of nitrogens with one attached hydrogen (secondary N) is 2. The smallest absolute Gasteiger partial charge is 0.250 e. The van der Waals surface area contributed by atoms with Gasteiger partial charge in [0.1, 0.15) is 11.5 Å². The van der Waals surface area contributed by atoms with E-state index in [1.54, 1.807) is 29.1 Å². The molecule has 0 saturated heterocycles. The molecule has 1 fully saturated rings. The van der Waals surface area contributed by atoms with Crippen LogP contribution in [0.15, 0.2) is 65.9 Å². The van der Waals surface area contributed by atoms with Crippen molar-refractivity contribution in [3.05, 3.63) is 88.2 Å². The van der Waals surface area contributed by atoms with Crippen LogP contribution >= 0.6 is 0 Å². The van der Waals surface area contributed by atoms with Gasteiger partial charge in [-0.25, -0.2) is 4.98 Å². The number of aliphatic hydroxyl groups is 1. The molecule has 1 aliphatic carbocycles. The number of hydrogen-bond donors (Lipinski definition) is 3. The van der Waals surface area contributed by atoms with Gasteiger partial charge < -0.3 is 20.4 Å². The number of aryl methyl sites for hydroxylation is 1. The van der Waals surface area contributed by atoms with E-state index in [9.17, 15) is 9.90 Å². The number of aromatic nitrogens is 3. The third kappa shape index (κ3) is 5.36. The Morgan fingerprint density at radius 2 is 2.00 bits per heavy atom. The highest BCUT2D eigenvalue weighted by molar-refractivity contribution is 6.09. The van der Waals surface area contributed by atoms with Crippen molar-refractivity contribution in [3.8, 4) is 11.3 Å². The third-order valence-corrected chi connectivity index (χ3v) is 5.58. The largest absolute Gasteiger partial charge is 0.506 e. The first-order valence-electron chi connectivity index (χ1n) is 10.8. The number of benzene rings is 1. The number of nitrogens with zero attached hydrogens (tertiary/aromatic N) is 3. The second-order valence-electron chi connectivity index (χ2n) is 8.14. The minimum absolute atomic E-state index is 0.0320. The van der Waals surface area contributed by atoms with Crippen molar-refractivity contribution in [3.63, 3.8) is 0 Å². The van der Waals surface area contributed by atoms with Gasteiger partial charge in [-0.05, 0) is 36.6 Å². The van der Waals surface area contributed by atoms with Gasteiger partial charge in [-0.3, -0.25) is 9.78 Å². The zero-order chi connectivity index (χ0) is 22.5. The van der Waals surface area contributed by atoms with Gasteiger partial charge in [0, 0.05) is 37.0 Å². The molecule has 3 aromatic rings. The summed E-state index contributed by atoms with van der Waals surface area (Å²) in [6.45, 7) is 1.45. The first kappa shape index (κ1) is 21.6. The van der Waals surface area contributed by atoms with Gasteiger partial charge in [-0.2, -0.15) is 0 Å². The summed E-state index contributed by atoms with van der Waals surface area (Å²) in [7, 11) is 1.88. The maximum atomic E-state index is 12.2. The number of hydrogen-bond acceptors (Lipinski definition) is 6. The lowest BCUT2D eigenvalue weighted by Gasteiger charge is -2.09. The van der Waals surface area contributed by atoms with Gasteiger partial charge in [0.25, 0.3) is 5.56 Å². The molecule has 2 heterocycles. The molecule has 0 spiro atoms. The summed E-state index contributed by atoms with van der Waals surface area (Å²) in [5.41, 5.74) is 3.56. The van der Waals surface area contributed by atoms with Gasteiger partial charge in [0.05, 0.1) is 23.8 Å². The summed E-state index contributed by atoms with van der Waals surface area (Å²) in [6.07, 6.45) is 9.75. The van der Waals surface area contributed by atoms with Gasteiger partial charge in [0.2, 0.25) is 0 Å². The summed E-state index contributed by atoms with van der Waals surface area (Å²) < 4.78 is 1.71. The highest BCUT2D eigenvalue weighted by Crippen LogP contribution is 2.32. The minimum Gasteiger partial charge on any atom is -0.506 e. The molecular formula is C25H27N5O2. The first-order chi connectivity index (χ1) is 15.5. The lowest BCUT2D eigenvalue weighted by Crippen LogP contribution is -2.18. The van der Waals surface area contributed by atoms with Crippen LogP contribution in [0.1, 0.15) is 36.1 Å². The van der Waals surface area contributed by atoms with Crippen molar-refractivity contribution in [1.29, 1.82) is 5.41 Å². The summed E-state index contributed by atoms with van der Waals surface area (Å²) in [5.74, 6) is 0.608. The number of pyridine rings is 1. The lowest BCUT2D eigenvalue weighted by molar-refractivity contribution is 0.508. The molecule has 1 aliphatic rings. The Bertz CT molecular complexity index is 1190. The van der Waals surface area contributed by atoms with Crippen LogP contribution in [0.4, 0.5) is 0 Å². The van der Waals surface area contributed by atoms with Crippen LogP contribution in [0.3, 0.4) is 0 Å². The summed E-state index contributed by atoms with van der Waals surface area (Å²) >= 11 is 0. The molecule has 164 valence electrons. The van der Waals surface area contributed by atoms with Crippen molar-refractivity contribution < 1.29 is 5.11 Å². The molecule has 7 heteroatoms. The fourth-order valence-electron chi connectivity index (χ4n) is 3.51. The van der Waals surface area contributed by atoms with E-state index in [1.807, 2.05) is 31.3 Å². The summed E-state index contributed by atoms with van der Waals surface area (Å²) in [6, 6.07) is 10.9. The van der Waals surface area contributed by atoms with Gasteiger partial charge in [-0.15, -0.1) is 0 Å². The molecular weight excluding hydrogens is 402 g/mol. The van der Waals surface area contributed by atoms with E-state index in [1.165, 1.54) is 25.1 Å². The van der Waals surface area contributed by atoms with Crippen molar-refractivity contribution in [1.82, 2.24) is 19.9 Å². The highest BCUT2D eigenvalue weighted by Gasteiger charge is 2.20. The average molecular weight is 430 g/mol. The Hall–Kier alpha value is -3.58. The van der Waals surface area contributed by atoms with Crippen molar-refractivity contribution >= 4 is 11.5 Å². The van der Waals surface area contributed by atoms with E-state index in [2.05, 4.69) is 15.3 Å². The number of aliphatic hydroxyl groups excluding tert-OH is 1. The van der Waals surface area contributed by atoms with Crippen LogP contribution in [-0.2, 0) is 13.1 Å². The maximum absolute atomic E-state index is 12.2. The summed E-state index contributed by atoms with van der Waals surface area (Å²) in [4.78, 5) is 20.9. The SMILES string of the molecule is CNCc1ccc(C(=N)/C=C(\O)c2cncc(-c3ccc(=O)n(CCC4CC4)c3)n2)cc1. The Labute approximate surface area is 187 Å². The maximum Gasteiger partial charge on any atom is 0.250 e. The molecule has 0 unspecified atom stereocenters. The van der Waals surface area contributed by atoms with Gasteiger partial charge >= 0.3 is 0 Å². The molecule has 0 aliphatic heterocycles. The average Bonchev–Trinajstić information content (AvgIpc) is 3.64. The Morgan fingerprint density at radius 3 is 2.72 bits per heavy atom. The quantitative estimate of drug-likeness (QED) is 0.355. The fraction of sp³-hybridized carbons (Fsp3) is 0.280. The zero-order valence-electron chi connectivity index (χ0n) is 18.1. The Balaban J connectivity index is 1.53. The van der Waals surface area contributed by atoms with Crippen LogP contribution in [0.25, 0.3) is 17.0 Å². The van der Waals surface area contributed by atoms with Crippen molar-refractivity contribution in [2.75, 3.05) is 7.05 Å². The standard InChI is InChI=1S/C25H27N5O2/c1-27-13-18-4-6-19(7-5-18)21(26)12-24(31)23-15-28-14-22(29-23)20-8-9-25(32)30(16-20)11-10-17-2-3-17/h4-9,12,14-17,26-27,31H,2-3,10-11,13H2,1H3/b24-12-,26-21?. The van der Waals surface area contributed by atoms with Crippen molar-refractivity contribution in [2.24, 2.45) is 5.92 Å². The zero-order valence-corrected chi connectivity index (χ0v) is 18.1. The topological polar surface area (TPSA) is 104 Å². The second kappa shape index (κ2) is 9.70. The van der Waals surface area contributed by atoms with E-state index in [0.717, 1.165) is 30.0 Å². The van der Waals surface area contributed by atoms with E-state index in [-0.39, 0.29) is 22.7 Å². The summed E-state index contributed by atoms with van der Waals surface area (Å²) in [5, 5.41) is 22.0. The molecule has 0 amide bonds. The fourth-order valence-corrected chi connectivity index (χ4v) is 3.51. The van der Waals surface area contributed by atoms with Crippen molar-refractivity contribution in [2.45, 2.75) is 32.4 Å². The number of allylic oxidation sites excluding steroid dienone is 1. The third-order valence-electron chi connectivity index (χ3n) is 5.58. The predicted octanol–water partition coefficient (Wildman–Crippen LogP) is 3.79. The van der Waals surface area contributed by atoms with Crippen LogP contribution < -0.4 is 10.9 Å².